The van der Waals surface area contributed by atoms with Crippen LogP contribution in [0, 0.1) is 12.7 Å². The second-order valence-electron chi connectivity index (χ2n) is 6.19. The third-order valence-electron chi connectivity index (χ3n) is 3.98. The minimum Gasteiger partial charge on any atom is -0.405 e. The predicted molar refractivity (Wildman–Crippen MR) is 95.0 cm³/mol. The molecule has 1 heterocycles. The first-order chi connectivity index (χ1) is 13.6. The zero-order valence-corrected chi connectivity index (χ0v) is 15.4. The van der Waals surface area contributed by atoms with E-state index in [1.54, 1.807) is 13.0 Å². The average molecular weight is 408 g/mol. The first kappa shape index (κ1) is 20.3. The lowest BCUT2D eigenvalue weighted by molar-refractivity contribution is -0.275. The van der Waals surface area contributed by atoms with E-state index in [0.29, 0.717) is 11.5 Å². The van der Waals surface area contributed by atoms with E-state index in [4.69, 9.17) is 0 Å². The van der Waals surface area contributed by atoms with Gasteiger partial charge in [-0.3, -0.25) is 4.79 Å². The molecule has 0 bridgehead atoms. The van der Waals surface area contributed by atoms with Crippen LogP contribution in [0.5, 0.6) is 5.75 Å². The van der Waals surface area contributed by atoms with Crippen molar-refractivity contribution in [2.75, 3.05) is 7.05 Å². The number of aryl methyl sites for hydroxylation is 1. The number of alkyl halides is 3. The van der Waals surface area contributed by atoms with E-state index in [1.807, 2.05) is 0 Å². The van der Waals surface area contributed by atoms with Gasteiger partial charge >= 0.3 is 6.36 Å². The number of nitrogens with zero attached hydrogens (tertiary/aromatic N) is 4. The van der Waals surface area contributed by atoms with Crippen LogP contribution in [0.4, 0.5) is 17.6 Å². The number of rotatable bonds is 5. The molecule has 0 radical (unpaired) electrons. The molecule has 1 aromatic heterocycles. The molecule has 0 saturated heterocycles. The van der Waals surface area contributed by atoms with Crippen molar-refractivity contribution in [1.82, 2.24) is 19.7 Å². The fourth-order valence-corrected chi connectivity index (χ4v) is 2.66. The van der Waals surface area contributed by atoms with Crippen LogP contribution in [0.1, 0.15) is 22.0 Å². The third kappa shape index (κ3) is 4.89. The van der Waals surface area contributed by atoms with Crippen LogP contribution in [0.2, 0.25) is 0 Å². The van der Waals surface area contributed by atoms with Crippen molar-refractivity contribution in [3.63, 3.8) is 0 Å². The van der Waals surface area contributed by atoms with Crippen LogP contribution < -0.4 is 4.74 Å². The van der Waals surface area contributed by atoms with Gasteiger partial charge in [0, 0.05) is 19.2 Å². The first-order valence-corrected chi connectivity index (χ1v) is 8.43. The molecule has 10 heteroatoms. The molecule has 6 nitrogen and oxygen atoms in total. The lowest BCUT2D eigenvalue weighted by Crippen LogP contribution is -2.28. The summed E-state index contributed by atoms with van der Waals surface area (Å²) in [7, 11) is 1.42. The highest BCUT2D eigenvalue weighted by atomic mass is 19.4. The van der Waals surface area contributed by atoms with Gasteiger partial charge in [-0.15, -0.1) is 18.3 Å². The quantitative estimate of drug-likeness (QED) is 0.601. The van der Waals surface area contributed by atoms with Crippen molar-refractivity contribution in [3.05, 3.63) is 71.6 Å². The maximum Gasteiger partial charge on any atom is 0.573 e. The van der Waals surface area contributed by atoms with E-state index in [-0.39, 0.29) is 23.7 Å². The summed E-state index contributed by atoms with van der Waals surface area (Å²) in [6.07, 6.45) is -4.84. The molecule has 0 spiro atoms. The van der Waals surface area contributed by atoms with E-state index >= 15 is 0 Å². The number of hydrogen-bond donors (Lipinski definition) is 0. The number of carbonyl (C=O) groups excluding carboxylic acids is 1. The smallest absolute Gasteiger partial charge is 0.405 e. The number of halogens is 4. The summed E-state index contributed by atoms with van der Waals surface area (Å²) in [6.45, 7) is 1.48. The minimum atomic E-state index is -4.84. The van der Waals surface area contributed by atoms with Crippen molar-refractivity contribution in [1.29, 1.82) is 0 Å². The first-order valence-electron chi connectivity index (χ1n) is 8.43. The molecule has 0 atom stereocenters. The van der Waals surface area contributed by atoms with Gasteiger partial charge in [-0.25, -0.2) is 14.1 Å². The highest BCUT2D eigenvalue weighted by molar-refractivity contribution is 5.90. The zero-order chi connectivity index (χ0) is 21.2. The molecule has 3 rings (SSSR count). The van der Waals surface area contributed by atoms with E-state index in [0.717, 1.165) is 0 Å². The lowest BCUT2D eigenvalue weighted by atomic mass is 10.2. The third-order valence-corrected chi connectivity index (χ3v) is 3.98. The molecule has 0 aliphatic heterocycles. The highest BCUT2D eigenvalue weighted by Gasteiger charge is 2.32. The Bertz CT molecular complexity index is 1020. The average Bonchev–Trinajstić information content (AvgIpc) is 3.04. The Morgan fingerprint density at radius 2 is 1.79 bits per heavy atom. The van der Waals surface area contributed by atoms with Gasteiger partial charge in [-0.2, -0.15) is 0 Å². The van der Waals surface area contributed by atoms with Crippen molar-refractivity contribution in [2.24, 2.45) is 0 Å². The van der Waals surface area contributed by atoms with Crippen LogP contribution in [-0.4, -0.2) is 39.0 Å². The normalized spacial score (nSPS) is 11.4. The van der Waals surface area contributed by atoms with Crippen molar-refractivity contribution < 1.29 is 27.1 Å². The summed E-state index contributed by atoms with van der Waals surface area (Å²) in [4.78, 5) is 18.0. The van der Waals surface area contributed by atoms with Crippen LogP contribution in [-0.2, 0) is 6.54 Å². The van der Waals surface area contributed by atoms with Gasteiger partial charge in [0.05, 0.1) is 5.69 Å². The van der Waals surface area contributed by atoms with Gasteiger partial charge in [0.1, 0.15) is 17.4 Å². The van der Waals surface area contributed by atoms with E-state index in [9.17, 15) is 22.4 Å². The molecule has 0 fully saturated rings. The Morgan fingerprint density at radius 3 is 2.45 bits per heavy atom. The summed E-state index contributed by atoms with van der Waals surface area (Å²) < 4.78 is 56.2. The molecular weight excluding hydrogens is 392 g/mol. The molecule has 2 aromatic carbocycles. The summed E-state index contributed by atoms with van der Waals surface area (Å²) in [5.74, 6) is -1.13. The molecule has 0 saturated carbocycles. The van der Waals surface area contributed by atoms with E-state index < -0.39 is 18.1 Å². The van der Waals surface area contributed by atoms with E-state index in [2.05, 4.69) is 14.8 Å². The molecule has 1 amide bonds. The summed E-state index contributed by atoms with van der Waals surface area (Å²) >= 11 is 0. The molecular formula is C19H16F4N4O2. The number of amides is 1. The fourth-order valence-electron chi connectivity index (χ4n) is 2.66. The Hall–Kier alpha value is -3.43. The Labute approximate surface area is 163 Å². The molecule has 0 aliphatic rings. The molecule has 3 aromatic rings. The second kappa shape index (κ2) is 7.90. The molecule has 0 aliphatic carbocycles. The maximum atomic E-state index is 13.1. The van der Waals surface area contributed by atoms with Gasteiger partial charge < -0.3 is 9.64 Å². The largest absolute Gasteiger partial charge is 0.573 e. The molecule has 0 unspecified atom stereocenters. The van der Waals surface area contributed by atoms with Crippen molar-refractivity contribution >= 4 is 5.91 Å². The Morgan fingerprint density at radius 1 is 1.14 bits per heavy atom. The molecule has 152 valence electrons. The van der Waals surface area contributed by atoms with Crippen molar-refractivity contribution in [3.8, 4) is 11.4 Å². The van der Waals surface area contributed by atoms with Gasteiger partial charge in [0.25, 0.3) is 5.91 Å². The minimum absolute atomic E-state index is 0.136. The zero-order valence-electron chi connectivity index (χ0n) is 15.4. The number of para-hydroxylation sites is 1. The molecule has 0 N–H and O–H groups in total. The number of hydrogen-bond acceptors (Lipinski definition) is 4. The van der Waals surface area contributed by atoms with Crippen LogP contribution in [0.15, 0.2) is 48.5 Å². The van der Waals surface area contributed by atoms with Gasteiger partial charge in [0.15, 0.2) is 0 Å². The molecule has 29 heavy (non-hydrogen) atoms. The number of benzene rings is 2. The summed E-state index contributed by atoms with van der Waals surface area (Å²) in [5.41, 5.74) is 0.692. The maximum absolute atomic E-state index is 13.1. The fraction of sp³-hybridized carbons (Fsp3) is 0.211. The van der Waals surface area contributed by atoms with Crippen molar-refractivity contribution in [2.45, 2.75) is 19.8 Å². The topological polar surface area (TPSA) is 60.3 Å². The number of aromatic nitrogens is 3. The van der Waals surface area contributed by atoms with Crippen LogP contribution in [0.3, 0.4) is 0 Å². The van der Waals surface area contributed by atoms with E-state index in [1.165, 1.54) is 59.1 Å². The van der Waals surface area contributed by atoms with Crippen LogP contribution in [0.25, 0.3) is 5.69 Å². The Kier molecular flexibility index (Phi) is 5.53. The standard InChI is InChI=1S/C19H16F4N4O2/c1-12-24-17(25-27(12)15-9-7-14(20)8-10-15)18(28)26(2)11-13-5-3-4-6-16(13)29-19(21,22)23/h3-10H,11H2,1-2H3. The van der Waals surface area contributed by atoms with Gasteiger partial charge in [-0.05, 0) is 37.3 Å². The number of carbonyl (C=O) groups is 1. The van der Waals surface area contributed by atoms with Crippen LogP contribution >= 0.6 is 0 Å². The Balaban J connectivity index is 1.80. The predicted octanol–water partition coefficient (Wildman–Crippen LogP) is 3.89. The van der Waals surface area contributed by atoms with Gasteiger partial charge in [-0.1, -0.05) is 18.2 Å². The lowest BCUT2D eigenvalue weighted by Gasteiger charge is -2.18. The highest BCUT2D eigenvalue weighted by Crippen LogP contribution is 2.27. The summed E-state index contributed by atoms with van der Waals surface area (Å²) in [6, 6.07) is 11.0. The van der Waals surface area contributed by atoms with Gasteiger partial charge in [0.2, 0.25) is 5.82 Å². The monoisotopic (exact) mass is 408 g/mol. The summed E-state index contributed by atoms with van der Waals surface area (Å²) in [5, 5.41) is 4.13. The number of ether oxygens (including phenoxy) is 1. The second-order valence-corrected chi connectivity index (χ2v) is 6.19. The SMILES string of the molecule is Cc1nc(C(=O)N(C)Cc2ccccc2OC(F)(F)F)nn1-c1ccc(F)cc1.